The number of nitrogens with one attached hydrogen (secondary N) is 1. The summed E-state index contributed by atoms with van der Waals surface area (Å²) in [6, 6.07) is 14.7. The number of thioether (sulfide) groups is 1. The van der Waals surface area contributed by atoms with E-state index in [2.05, 4.69) is 5.32 Å². The lowest BCUT2D eigenvalue weighted by atomic mass is 9.87. The van der Waals surface area contributed by atoms with Crippen LogP contribution >= 0.6 is 34.4 Å². The third kappa shape index (κ3) is 4.82. The van der Waals surface area contributed by atoms with Crippen molar-refractivity contribution in [3.63, 3.8) is 0 Å². The Balaban J connectivity index is 1.36. The van der Waals surface area contributed by atoms with Crippen molar-refractivity contribution in [3.8, 4) is 5.75 Å². The molecule has 0 bridgehead atoms. The van der Waals surface area contributed by atoms with Crippen molar-refractivity contribution in [2.45, 2.75) is 28.9 Å². The number of hydrogen-bond donors (Lipinski definition) is 1. The number of ether oxygens (including phenoxy) is 1. The second kappa shape index (κ2) is 10.7. The summed E-state index contributed by atoms with van der Waals surface area (Å²) < 4.78 is 46.7. The molecule has 2 aromatic heterocycles. The number of benzene rings is 2. The second-order valence-corrected chi connectivity index (χ2v) is 12.6. The van der Waals surface area contributed by atoms with Gasteiger partial charge in [-0.2, -0.15) is 13.2 Å². The molecule has 3 atom stereocenters. The molecule has 4 heterocycles. The van der Waals surface area contributed by atoms with Crippen LogP contribution in [0, 0.1) is 5.92 Å². The predicted molar refractivity (Wildman–Crippen MR) is 153 cm³/mol. The highest BCUT2D eigenvalue weighted by Gasteiger charge is 2.57. The summed E-state index contributed by atoms with van der Waals surface area (Å²) in [5.41, 5.74) is -1.06. The number of rotatable bonds is 6. The molecule has 3 unspecified atom stereocenters. The van der Waals surface area contributed by atoms with Crippen molar-refractivity contribution in [2.24, 2.45) is 5.92 Å². The van der Waals surface area contributed by atoms with Crippen LogP contribution in [0.15, 0.2) is 75.9 Å². The van der Waals surface area contributed by atoms with E-state index in [0.717, 1.165) is 45.0 Å². The number of halogens is 3. The molecule has 8 nitrogen and oxygen atoms in total. The Morgan fingerprint density at radius 3 is 2.40 bits per heavy atom. The SMILES string of the molecule is COc1ccc(N2C(=O)C3Sc4c(sc(=O)n4CC(=O)Nc4ccccc4C(F)(F)F)C(c4cccs4)C3C2=O)cc1. The van der Waals surface area contributed by atoms with Crippen LogP contribution in [-0.2, 0) is 27.1 Å². The molecule has 2 aromatic carbocycles. The Morgan fingerprint density at radius 1 is 1.00 bits per heavy atom. The molecule has 0 spiro atoms. The number of carbonyl (C=O) groups excluding carboxylic acids is 3. The standard InChI is InChI=1S/C28H20F3N3O5S3/c1-39-15-10-8-14(9-11-15)34-24(36)21-20(18-7-4-12-40-18)23-26(41-22(21)25(34)37)33(27(38)42-23)13-19(35)32-17-6-3-2-5-16(17)28(29,30)31/h2-12,20-22H,13H2,1H3,(H,32,35). The molecule has 42 heavy (non-hydrogen) atoms. The Kier molecular flexibility index (Phi) is 7.23. The van der Waals surface area contributed by atoms with Gasteiger partial charge in [-0.15, -0.1) is 11.3 Å². The van der Waals surface area contributed by atoms with Gasteiger partial charge in [0.05, 0.1) is 35.0 Å². The number of amides is 3. The fourth-order valence-electron chi connectivity index (χ4n) is 5.19. The van der Waals surface area contributed by atoms with Crippen molar-refractivity contribution in [1.29, 1.82) is 0 Å². The molecule has 0 radical (unpaired) electrons. The maximum Gasteiger partial charge on any atom is 0.418 e. The van der Waals surface area contributed by atoms with E-state index >= 15 is 0 Å². The van der Waals surface area contributed by atoms with Gasteiger partial charge in [-0.1, -0.05) is 41.3 Å². The number of alkyl halides is 3. The number of nitrogens with zero attached hydrogens (tertiary/aromatic N) is 2. The van der Waals surface area contributed by atoms with Crippen LogP contribution in [0.2, 0.25) is 0 Å². The molecule has 1 fully saturated rings. The molecule has 2 aliphatic heterocycles. The summed E-state index contributed by atoms with van der Waals surface area (Å²) in [6.45, 7) is -0.567. The zero-order chi connectivity index (χ0) is 29.8. The Hall–Kier alpha value is -3.88. The van der Waals surface area contributed by atoms with E-state index in [-0.39, 0.29) is 0 Å². The topological polar surface area (TPSA) is 97.7 Å². The molecule has 6 rings (SSSR count). The fraction of sp³-hybridized carbons (Fsp3) is 0.214. The Morgan fingerprint density at radius 2 is 1.74 bits per heavy atom. The number of thiophene rings is 1. The quantitative estimate of drug-likeness (QED) is 0.285. The number of methoxy groups -OCH3 is 1. The summed E-state index contributed by atoms with van der Waals surface area (Å²) in [4.78, 5) is 55.7. The number of hydrogen-bond acceptors (Lipinski definition) is 8. The molecule has 0 saturated carbocycles. The molecule has 3 amide bonds. The van der Waals surface area contributed by atoms with Crippen LogP contribution < -0.4 is 19.8 Å². The van der Waals surface area contributed by atoms with Crippen LogP contribution in [0.5, 0.6) is 5.75 Å². The van der Waals surface area contributed by atoms with Crippen molar-refractivity contribution in [3.05, 3.63) is 91.0 Å². The van der Waals surface area contributed by atoms with Gasteiger partial charge in [-0.05, 0) is 47.8 Å². The van der Waals surface area contributed by atoms with Crippen LogP contribution in [0.1, 0.15) is 21.2 Å². The van der Waals surface area contributed by atoms with Gasteiger partial charge in [-0.25, -0.2) is 4.90 Å². The molecule has 4 aromatic rings. The van der Waals surface area contributed by atoms with Gasteiger partial charge in [0.25, 0.3) is 0 Å². The Bertz CT molecular complexity index is 1750. The van der Waals surface area contributed by atoms with Gasteiger partial charge in [0.1, 0.15) is 17.5 Å². The molecule has 2 aliphatic rings. The molecule has 216 valence electrons. The first kappa shape index (κ1) is 28.2. The minimum absolute atomic E-state index is 0.349. The number of fused-ring (bicyclic) bond motifs is 2. The van der Waals surface area contributed by atoms with E-state index in [4.69, 9.17) is 4.74 Å². The maximum atomic E-state index is 13.8. The highest BCUT2D eigenvalue weighted by Crippen LogP contribution is 2.54. The molecule has 1 saturated heterocycles. The first-order valence-electron chi connectivity index (χ1n) is 12.5. The zero-order valence-corrected chi connectivity index (χ0v) is 24.0. The van der Waals surface area contributed by atoms with Gasteiger partial charge in [0.2, 0.25) is 17.7 Å². The van der Waals surface area contributed by atoms with Crippen molar-refractivity contribution < 1.29 is 32.3 Å². The van der Waals surface area contributed by atoms with Gasteiger partial charge >= 0.3 is 11.0 Å². The van der Waals surface area contributed by atoms with E-state index in [1.807, 2.05) is 17.5 Å². The monoisotopic (exact) mass is 631 g/mol. The van der Waals surface area contributed by atoms with Crippen molar-refractivity contribution in [2.75, 3.05) is 17.3 Å². The number of para-hydroxylation sites is 1. The smallest absolute Gasteiger partial charge is 0.418 e. The van der Waals surface area contributed by atoms with Crippen LogP contribution in [-0.4, -0.2) is 34.6 Å². The van der Waals surface area contributed by atoms with Gasteiger partial charge in [0, 0.05) is 15.7 Å². The van der Waals surface area contributed by atoms with E-state index in [0.29, 0.717) is 21.3 Å². The molecular weight excluding hydrogens is 612 g/mol. The lowest BCUT2D eigenvalue weighted by Gasteiger charge is -2.29. The molecule has 0 aliphatic carbocycles. The minimum atomic E-state index is -4.69. The number of carbonyl (C=O) groups is 3. The van der Waals surface area contributed by atoms with Crippen LogP contribution in [0.25, 0.3) is 0 Å². The van der Waals surface area contributed by atoms with E-state index in [1.165, 1.54) is 35.1 Å². The fourth-order valence-corrected chi connectivity index (χ4v) is 8.91. The summed E-state index contributed by atoms with van der Waals surface area (Å²) in [5, 5.41) is 3.57. The van der Waals surface area contributed by atoms with E-state index in [9.17, 15) is 32.3 Å². The normalized spacial score (nSPS) is 19.9. The largest absolute Gasteiger partial charge is 0.497 e. The van der Waals surface area contributed by atoms with E-state index < -0.39 is 63.7 Å². The van der Waals surface area contributed by atoms with Crippen LogP contribution in [0.4, 0.5) is 24.5 Å². The van der Waals surface area contributed by atoms with Crippen LogP contribution in [0.3, 0.4) is 0 Å². The third-order valence-corrected chi connectivity index (χ3v) is 10.6. The average Bonchev–Trinajstić information content (AvgIpc) is 3.66. The zero-order valence-electron chi connectivity index (χ0n) is 21.6. The molecular formula is C28H20F3N3O5S3. The molecule has 1 N–H and O–H groups in total. The minimum Gasteiger partial charge on any atom is -0.497 e. The average molecular weight is 632 g/mol. The number of imide groups is 1. The summed E-state index contributed by atoms with van der Waals surface area (Å²) in [7, 11) is 1.51. The maximum absolute atomic E-state index is 13.8. The number of thiazole rings is 1. The van der Waals surface area contributed by atoms with Gasteiger partial charge in [-0.3, -0.25) is 23.7 Å². The summed E-state index contributed by atoms with van der Waals surface area (Å²) >= 11 is 3.28. The number of aromatic nitrogens is 1. The Labute approximate surface area is 248 Å². The highest BCUT2D eigenvalue weighted by atomic mass is 32.2. The van der Waals surface area contributed by atoms with Gasteiger partial charge < -0.3 is 10.1 Å². The summed E-state index contributed by atoms with van der Waals surface area (Å²) in [5.74, 6) is -2.54. The van der Waals surface area contributed by atoms with Gasteiger partial charge in [0.15, 0.2) is 0 Å². The second-order valence-electron chi connectivity index (χ2n) is 9.48. The first-order chi connectivity index (χ1) is 20.1. The summed E-state index contributed by atoms with van der Waals surface area (Å²) in [6.07, 6.45) is -4.69. The lowest BCUT2D eigenvalue weighted by Crippen LogP contribution is -2.32. The highest BCUT2D eigenvalue weighted by molar-refractivity contribution is 8.00. The lowest BCUT2D eigenvalue weighted by molar-refractivity contribution is -0.137. The number of anilines is 2. The van der Waals surface area contributed by atoms with E-state index in [1.54, 1.807) is 24.3 Å². The van der Waals surface area contributed by atoms with Crippen molar-refractivity contribution >= 4 is 63.5 Å². The molecule has 14 heteroatoms. The van der Waals surface area contributed by atoms with Crippen molar-refractivity contribution in [1.82, 2.24) is 4.57 Å². The third-order valence-electron chi connectivity index (χ3n) is 7.04. The predicted octanol–water partition coefficient (Wildman–Crippen LogP) is 5.43. The first-order valence-corrected chi connectivity index (χ1v) is 15.1.